The highest BCUT2D eigenvalue weighted by Crippen LogP contribution is 2.14. The summed E-state index contributed by atoms with van der Waals surface area (Å²) >= 11 is 0. The molecule has 34 heavy (non-hydrogen) atoms. The average Bonchev–Trinajstić information content (AvgIpc) is 2.83. The Kier molecular flexibility index (Phi) is 37.2. The van der Waals surface area contributed by atoms with Crippen molar-refractivity contribution in [2.45, 2.75) is 194 Å². The molecule has 0 aliphatic heterocycles. The van der Waals surface area contributed by atoms with Crippen molar-refractivity contribution < 1.29 is 0 Å². The lowest BCUT2D eigenvalue weighted by Crippen LogP contribution is -2.16. The predicted molar refractivity (Wildman–Crippen MR) is 159 cm³/mol. The molecule has 2 heteroatoms. The summed E-state index contributed by atoms with van der Waals surface area (Å²) < 4.78 is 0. The first-order chi connectivity index (χ1) is 16.4. The summed E-state index contributed by atoms with van der Waals surface area (Å²) in [6.45, 7) is 7.10. The van der Waals surface area contributed by atoms with Crippen molar-refractivity contribution in [1.29, 1.82) is 0 Å². The van der Waals surface area contributed by atoms with Crippen molar-refractivity contribution >= 4 is 0 Å². The highest BCUT2D eigenvalue weighted by Gasteiger charge is 1.96. The highest BCUT2D eigenvalue weighted by molar-refractivity contribution is 4.53. The molecule has 0 aromatic carbocycles. The van der Waals surface area contributed by atoms with Crippen LogP contribution in [0.15, 0.2) is 0 Å². The van der Waals surface area contributed by atoms with E-state index in [4.69, 9.17) is 0 Å². The lowest BCUT2D eigenvalue weighted by Gasteiger charge is -2.06. The van der Waals surface area contributed by atoms with Gasteiger partial charge in [0.05, 0.1) is 0 Å². The van der Waals surface area contributed by atoms with E-state index < -0.39 is 0 Å². The van der Waals surface area contributed by atoms with Gasteiger partial charge in [-0.2, -0.15) is 0 Å². The van der Waals surface area contributed by atoms with Gasteiger partial charge in [0.1, 0.15) is 0 Å². The minimum atomic E-state index is 0. The molecule has 0 amide bonds. The van der Waals surface area contributed by atoms with E-state index in [-0.39, 0.29) is 6.15 Å². The highest BCUT2D eigenvalue weighted by atomic mass is 14.8. The molecule has 0 aromatic rings. The Labute approximate surface area is 218 Å². The lowest BCUT2D eigenvalue weighted by molar-refractivity contribution is 0.518. The van der Waals surface area contributed by atoms with Gasteiger partial charge in [-0.15, -0.1) is 0 Å². The molecule has 0 aliphatic carbocycles. The normalized spacial score (nSPS) is 11.1. The van der Waals surface area contributed by atoms with Crippen LogP contribution in [0.3, 0.4) is 0 Å². The van der Waals surface area contributed by atoms with Crippen molar-refractivity contribution in [3.63, 3.8) is 0 Å². The summed E-state index contributed by atoms with van der Waals surface area (Å²) in [5.41, 5.74) is 0. The van der Waals surface area contributed by atoms with Gasteiger partial charge >= 0.3 is 0 Å². The second-order valence-corrected chi connectivity index (χ2v) is 10.9. The summed E-state index contributed by atoms with van der Waals surface area (Å²) in [7, 11) is 0. The Hall–Kier alpha value is -0.0800. The maximum absolute atomic E-state index is 3.67. The van der Waals surface area contributed by atoms with Crippen molar-refractivity contribution in [2.24, 2.45) is 0 Å². The Balaban J connectivity index is 0. The van der Waals surface area contributed by atoms with Gasteiger partial charge in [-0.25, -0.2) is 0 Å². The van der Waals surface area contributed by atoms with E-state index in [1.807, 2.05) is 0 Å². The van der Waals surface area contributed by atoms with Gasteiger partial charge in [0.25, 0.3) is 0 Å². The van der Waals surface area contributed by atoms with Crippen LogP contribution in [0.5, 0.6) is 0 Å². The summed E-state index contributed by atoms with van der Waals surface area (Å²) in [5, 5.41) is 3.67. The summed E-state index contributed by atoms with van der Waals surface area (Å²) in [5.74, 6) is 0. The van der Waals surface area contributed by atoms with Crippen molar-refractivity contribution in [3.8, 4) is 0 Å². The zero-order chi connectivity index (χ0) is 23.9. The van der Waals surface area contributed by atoms with Gasteiger partial charge < -0.3 is 11.5 Å². The Bertz CT molecular complexity index is 288. The van der Waals surface area contributed by atoms with Crippen LogP contribution in [0.2, 0.25) is 0 Å². The molecular weight excluding hydrogens is 412 g/mol. The molecule has 0 saturated heterocycles. The minimum Gasteiger partial charge on any atom is -0.344 e. The molecule has 0 rings (SSSR count). The molecule has 208 valence electrons. The molecule has 0 bridgehead atoms. The topological polar surface area (TPSA) is 47.0 Å². The van der Waals surface area contributed by atoms with E-state index in [1.54, 1.807) is 0 Å². The molecule has 0 saturated carbocycles. The van der Waals surface area contributed by atoms with E-state index in [1.165, 1.54) is 193 Å². The first kappa shape index (κ1) is 36.1. The Morgan fingerprint density at radius 3 is 0.647 bits per heavy atom. The molecule has 2 nitrogen and oxygen atoms in total. The largest absolute Gasteiger partial charge is 0.344 e. The van der Waals surface area contributed by atoms with Crippen molar-refractivity contribution in [1.82, 2.24) is 11.5 Å². The zero-order valence-electron chi connectivity index (χ0n) is 24.4. The van der Waals surface area contributed by atoms with Crippen LogP contribution in [-0.4, -0.2) is 13.1 Å². The molecule has 0 spiro atoms. The maximum Gasteiger partial charge on any atom is -0.00489 e. The SMILES string of the molecule is CCCCCCCCCCCCCCCCNCCCCCCCCCCCCCCCC.N. The van der Waals surface area contributed by atoms with Gasteiger partial charge in [-0.1, -0.05) is 181 Å². The van der Waals surface area contributed by atoms with E-state index in [0.29, 0.717) is 0 Å². The number of rotatable bonds is 30. The molecular formula is C32H70N2. The monoisotopic (exact) mass is 483 g/mol. The molecule has 0 fully saturated rings. The molecule has 0 radical (unpaired) electrons. The minimum absolute atomic E-state index is 0. The molecule has 0 atom stereocenters. The molecule has 0 aromatic heterocycles. The van der Waals surface area contributed by atoms with Gasteiger partial charge in [0.15, 0.2) is 0 Å². The Morgan fingerprint density at radius 2 is 0.441 bits per heavy atom. The van der Waals surface area contributed by atoms with Crippen LogP contribution >= 0.6 is 0 Å². The number of hydrogen-bond donors (Lipinski definition) is 2. The number of hydrogen-bond acceptors (Lipinski definition) is 2. The third-order valence-electron chi connectivity index (χ3n) is 7.41. The third-order valence-corrected chi connectivity index (χ3v) is 7.41. The molecule has 0 aliphatic rings. The van der Waals surface area contributed by atoms with Gasteiger partial charge in [0, 0.05) is 0 Å². The van der Waals surface area contributed by atoms with E-state index >= 15 is 0 Å². The smallest absolute Gasteiger partial charge is 0.00489 e. The molecule has 0 heterocycles. The fourth-order valence-corrected chi connectivity index (χ4v) is 5.01. The van der Waals surface area contributed by atoms with Crippen LogP contribution in [0.4, 0.5) is 0 Å². The third kappa shape index (κ3) is 34.1. The lowest BCUT2D eigenvalue weighted by atomic mass is 10.0. The fourth-order valence-electron chi connectivity index (χ4n) is 5.01. The zero-order valence-corrected chi connectivity index (χ0v) is 24.4. The van der Waals surface area contributed by atoms with Crippen molar-refractivity contribution in [2.75, 3.05) is 13.1 Å². The predicted octanol–water partition coefficient (Wildman–Crippen LogP) is 11.7. The van der Waals surface area contributed by atoms with E-state index in [0.717, 1.165) is 0 Å². The average molecular weight is 483 g/mol. The quantitative estimate of drug-likeness (QED) is 0.0999. The number of nitrogens with one attached hydrogen (secondary N) is 1. The van der Waals surface area contributed by atoms with E-state index in [2.05, 4.69) is 19.2 Å². The van der Waals surface area contributed by atoms with Crippen LogP contribution in [-0.2, 0) is 0 Å². The molecule has 0 unspecified atom stereocenters. The van der Waals surface area contributed by atoms with Crippen LogP contribution in [0.1, 0.15) is 194 Å². The maximum atomic E-state index is 3.67. The van der Waals surface area contributed by atoms with Crippen LogP contribution in [0.25, 0.3) is 0 Å². The van der Waals surface area contributed by atoms with Gasteiger partial charge in [-0.05, 0) is 25.9 Å². The summed E-state index contributed by atoms with van der Waals surface area (Å²) in [4.78, 5) is 0. The second kappa shape index (κ2) is 35.1. The standard InChI is InChI=1S/C32H67N.H3N/c1-3-5-7-9-11-13-15-17-19-21-23-25-27-29-31-33-32-30-28-26-24-22-20-18-16-14-12-10-8-6-4-2;/h33H,3-32H2,1-2H3;1H3. The van der Waals surface area contributed by atoms with Crippen LogP contribution < -0.4 is 11.5 Å². The summed E-state index contributed by atoms with van der Waals surface area (Å²) in [6.07, 6.45) is 40.7. The summed E-state index contributed by atoms with van der Waals surface area (Å²) in [6, 6.07) is 0. The first-order valence-electron chi connectivity index (χ1n) is 16.1. The fraction of sp³-hybridized carbons (Fsp3) is 1.00. The van der Waals surface area contributed by atoms with Crippen LogP contribution in [0, 0.1) is 0 Å². The Morgan fingerprint density at radius 1 is 0.265 bits per heavy atom. The van der Waals surface area contributed by atoms with Gasteiger partial charge in [-0.3, -0.25) is 0 Å². The van der Waals surface area contributed by atoms with E-state index in [9.17, 15) is 0 Å². The molecule has 4 N–H and O–H groups in total. The van der Waals surface area contributed by atoms with Crippen molar-refractivity contribution in [3.05, 3.63) is 0 Å². The second-order valence-electron chi connectivity index (χ2n) is 10.9. The van der Waals surface area contributed by atoms with Gasteiger partial charge in [0.2, 0.25) is 0 Å². The first-order valence-corrected chi connectivity index (χ1v) is 16.1. The number of unbranched alkanes of at least 4 members (excludes halogenated alkanes) is 26.